The number of hydrogen-bond acceptors (Lipinski definition) is 3. The fraction of sp³-hybridized carbons (Fsp3) is 0.923. The van der Waals surface area contributed by atoms with Gasteiger partial charge in [0.15, 0.2) is 0 Å². The lowest BCUT2D eigenvalue weighted by molar-refractivity contribution is -0.123. The second-order valence-electron chi connectivity index (χ2n) is 5.11. The van der Waals surface area contributed by atoms with E-state index in [1.807, 2.05) is 13.8 Å². The normalized spacial score (nSPS) is 28.5. The van der Waals surface area contributed by atoms with Gasteiger partial charge in [0.2, 0.25) is 5.91 Å². The highest BCUT2D eigenvalue weighted by Crippen LogP contribution is 2.13. The van der Waals surface area contributed by atoms with Crippen molar-refractivity contribution in [1.82, 2.24) is 10.6 Å². The number of amides is 1. The zero-order valence-corrected chi connectivity index (χ0v) is 11.5. The lowest BCUT2D eigenvalue weighted by Crippen LogP contribution is -2.50. The van der Waals surface area contributed by atoms with Crippen LogP contribution in [-0.2, 0) is 9.53 Å². The van der Waals surface area contributed by atoms with Gasteiger partial charge < -0.3 is 15.4 Å². The van der Waals surface area contributed by atoms with Gasteiger partial charge >= 0.3 is 0 Å². The van der Waals surface area contributed by atoms with Gasteiger partial charge in [0.1, 0.15) is 0 Å². The van der Waals surface area contributed by atoms with Crippen molar-refractivity contribution in [2.45, 2.75) is 71.2 Å². The van der Waals surface area contributed by atoms with E-state index in [2.05, 4.69) is 24.5 Å². The van der Waals surface area contributed by atoms with Gasteiger partial charge in [0.05, 0.1) is 12.1 Å². The Bertz CT molecular complexity index is 246. The van der Waals surface area contributed by atoms with Crippen molar-refractivity contribution < 1.29 is 9.53 Å². The van der Waals surface area contributed by atoms with Gasteiger partial charge in [0.25, 0.3) is 0 Å². The lowest BCUT2D eigenvalue weighted by Gasteiger charge is -2.30. The van der Waals surface area contributed by atoms with Crippen LogP contribution in [0.2, 0.25) is 0 Å². The smallest absolute Gasteiger partial charge is 0.237 e. The highest BCUT2D eigenvalue weighted by Gasteiger charge is 2.23. The minimum absolute atomic E-state index is 0.0958. The average molecular weight is 242 g/mol. The molecular weight excluding hydrogens is 216 g/mol. The van der Waals surface area contributed by atoms with E-state index in [0.29, 0.717) is 12.1 Å². The summed E-state index contributed by atoms with van der Waals surface area (Å²) in [5.74, 6) is 0.0958. The monoisotopic (exact) mass is 242 g/mol. The zero-order valence-electron chi connectivity index (χ0n) is 11.5. The molecule has 4 heteroatoms. The molecule has 1 aliphatic heterocycles. The van der Waals surface area contributed by atoms with Gasteiger partial charge in [-0.05, 0) is 40.0 Å². The third-order valence-corrected chi connectivity index (χ3v) is 3.37. The minimum atomic E-state index is -0.126. The first-order valence-corrected chi connectivity index (χ1v) is 6.71. The molecule has 0 aromatic rings. The maximum Gasteiger partial charge on any atom is 0.237 e. The van der Waals surface area contributed by atoms with Crippen LogP contribution in [0.25, 0.3) is 0 Å². The molecule has 0 aliphatic carbocycles. The van der Waals surface area contributed by atoms with Crippen molar-refractivity contribution in [3.8, 4) is 0 Å². The van der Waals surface area contributed by atoms with Crippen LogP contribution in [0, 0.1) is 0 Å². The van der Waals surface area contributed by atoms with Crippen LogP contribution >= 0.6 is 0 Å². The molecule has 0 aromatic carbocycles. The van der Waals surface area contributed by atoms with Crippen LogP contribution in [-0.4, -0.2) is 36.7 Å². The molecule has 0 radical (unpaired) electrons. The van der Waals surface area contributed by atoms with Gasteiger partial charge in [-0.1, -0.05) is 6.92 Å². The van der Waals surface area contributed by atoms with Gasteiger partial charge in [-0.25, -0.2) is 0 Å². The molecule has 1 amide bonds. The van der Waals surface area contributed by atoms with Gasteiger partial charge in [-0.3, -0.25) is 4.79 Å². The summed E-state index contributed by atoms with van der Waals surface area (Å²) in [6.45, 7) is 8.90. The number of hydrogen-bond donors (Lipinski definition) is 2. The predicted molar refractivity (Wildman–Crippen MR) is 68.9 cm³/mol. The van der Waals surface area contributed by atoms with Gasteiger partial charge in [-0.15, -0.1) is 0 Å². The predicted octanol–water partition coefficient (Wildman–Crippen LogP) is 1.45. The third-order valence-electron chi connectivity index (χ3n) is 3.37. The molecule has 4 atom stereocenters. The summed E-state index contributed by atoms with van der Waals surface area (Å²) in [6.07, 6.45) is 3.24. The Balaban J connectivity index is 2.32. The summed E-state index contributed by atoms with van der Waals surface area (Å²) in [7, 11) is 0. The first-order valence-electron chi connectivity index (χ1n) is 6.71. The van der Waals surface area contributed by atoms with E-state index in [0.717, 1.165) is 25.9 Å². The first kappa shape index (κ1) is 14.5. The Morgan fingerprint density at radius 1 is 1.47 bits per heavy atom. The van der Waals surface area contributed by atoms with Crippen LogP contribution in [0.1, 0.15) is 47.0 Å². The molecular formula is C13H26N2O2. The molecule has 0 saturated carbocycles. The quantitative estimate of drug-likeness (QED) is 0.767. The number of rotatable bonds is 5. The Morgan fingerprint density at radius 2 is 2.18 bits per heavy atom. The van der Waals surface area contributed by atoms with Gasteiger partial charge in [-0.2, -0.15) is 0 Å². The summed E-state index contributed by atoms with van der Waals surface area (Å²) in [5, 5.41) is 6.38. The fourth-order valence-electron chi connectivity index (χ4n) is 2.05. The molecule has 0 spiro atoms. The molecule has 1 rings (SSSR count). The fourth-order valence-corrected chi connectivity index (χ4v) is 2.05. The zero-order chi connectivity index (χ0) is 12.8. The largest absolute Gasteiger partial charge is 0.378 e. The Hall–Kier alpha value is -0.610. The van der Waals surface area contributed by atoms with E-state index >= 15 is 0 Å². The van der Waals surface area contributed by atoms with Crippen LogP contribution in [0.4, 0.5) is 0 Å². The Morgan fingerprint density at radius 3 is 2.76 bits per heavy atom. The number of carbonyl (C=O) groups is 1. The average Bonchev–Trinajstić information content (AvgIpc) is 2.28. The van der Waals surface area contributed by atoms with Crippen molar-refractivity contribution in [2.24, 2.45) is 0 Å². The van der Waals surface area contributed by atoms with E-state index in [1.165, 1.54) is 0 Å². The van der Waals surface area contributed by atoms with E-state index in [9.17, 15) is 4.79 Å². The first-order chi connectivity index (χ1) is 8.02. The summed E-state index contributed by atoms with van der Waals surface area (Å²) >= 11 is 0. The maximum absolute atomic E-state index is 11.9. The summed E-state index contributed by atoms with van der Waals surface area (Å²) < 4.78 is 5.49. The molecule has 0 aromatic heterocycles. The molecule has 1 aliphatic rings. The molecule has 4 nitrogen and oxygen atoms in total. The lowest BCUT2D eigenvalue weighted by atomic mass is 10.0. The molecule has 0 bridgehead atoms. The summed E-state index contributed by atoms with van der Waals surface area (Å²) in [4.78, 5) is 11.9. The summed E-state index contributed by atoms with van der Waals surface area (Å²) in [6, 6.07) is 0.524. The van der Waals surface area contributed by atoms with E-state index in [1.54, 1.807) is 0 Å². The molecule has 100 valence electrons. The number of ether oxygens (including phenoxy) is 1. The second-order valence-corrected chi connectivity index (χ2v) is 5.11. The molecule has 1 saturated heterocycles. The van der Waals surface area contributed by atoms with Crippen LogP contribution in [0.5, 0.6) is 0 Å². The topological polar surface area (TPSA) is 50.4 Å². The van der Waals surface area contributed by atoms with Crippen LogP contribution in [0.3, 0.4) is 0 Å². The van der Waals surface area contributed by atoms with Crippen LogP contribution < -0.4 is 10.6 Å². The van der Waals surface area contributed by atoms with Crippen molar-refractivity contribution in [2.75, 3.05) is 6.61 Å². The van der Waals surface area contributed by atoms with E-state index in [-0.39, 0.29) is 18.0 Å². The SMILES string of the molecule is CCC(C)NC(=O)C(C)NC1CCOC(C)C1. The van der Waals surface area contributed by atoms with E-state index in [4.69, 9.17) is 4.74 Å². The highest BCUT2D eigenvalue weighted by molar-refractivity contribution is 5.81. The molecule has 4 unspecified atom stereocenters. The van der Waals surface area contributed by atoms with Crippen molar-refractivity contribution >= 4 is 5.91 Å². The Labute approximate surface area is 104 Å². The van der Waals surface area contributed by atoms with Crippen molar-refractivity contribution in [1.29, 1.82) is 0 Å². The number of carbonyl (C=O) groups excluding carboxylic acids is 1. The molecule has 2 N–H and O–H groups in total. The Kier molecular flexibility index (Phi) is 5.92. The maximum atomic E-state index is 11.9. The molecule has 17 heavy (non-hydrogen) atoms. The van der Waals surface area contributed by atoms with E-state index < -0.39 is 0 Å². The second kappa shape index (κ2) is 6.97. The molecule has 1 heterocycles. The molecule has 1 fully saturated rings. The minimum Gasteiger partial charge on any atom is -0.378 e. The van der Waals surface area contributed by atoms with Crippen molar-refractivity contribution in [3.63, 3.8) is 0 Å². The van der Waals surface area contributed by atoms with Crippen LogP contribution in [0.15, 0.2) is 0 Å². The van der Waals surface area contributed by atoms with Crippen molar-refractivity contribution in [3.05, 3.63) is 0 Å². The third kappa shape index (κ3) is 5.04. The standard InChI is InChI=1S/C13H26N2O2/c1-5-9(2)14-13(16)11(4)15-12-6-7-17-10(3)8-12/h9-12,15H,5-8H2,1-4H3,(H,14,16). The number of nitrogens with one attached hydrogen (secondary N) is 2. The van der Waals surface area contributed by atoms with Gasteiger partial charge in [0, 0.05) is 18.7 Å². The highest BCUT2D eigenvalue weighted by atomic mass is 16.5. The summed E-state index contributed by atoms with van der Waals surface area (Å²) in [5.41, 5.74) is 0.